The Hall–Kier alpha value is -1.47. The Morgan fingerprint density at radius 2 is 2.39 bits per heavy atom. The number of hydrogen-bond acceptors (Lipinski definition) is 7. The molecule has 0 aliphatic rings. The monoisotopic (exact) mass is 283 g/mol. The van der Waals surface area contributed by atoms with Gasteiger partial charge in [0.05, 0.1) is 24.4 Å². The number of carbonyl (C=O) groups excluding carboxylic acids is 1. The van der Waals surface area contributed by atoms with Crippen LogP contribution in [0.4, 0.5) is 5.00 Å². The molecule has 0 saturated carbocycles. The molecule has 0 unspecified atom stereocenters. The lowest BCUT2D eigenvalue weighted by Gasteiger charge is -2.05. The maximum absolute atomic E-state index is 11.8. The summed E-state index contributed by atoms with van der Waals surface area (Å²) in [6.45, 7) is 4.60. The Balaban J connectivity index is 2.10. The lowest BCUT2D eigenvalue weighted by Crippen LogP contribution is -2.08. The Labute approximate surface area is 113 Å². The van der Waals surface area contributed by atoms with E-state index in [0.29, 0.717) is 24.4 Å². The first-order valence-corrected chi connectivity index (χ1v) is 7.12. The number of nitrogens with one attached hydrogen (secondary N) is 1. The van der Waals surface area contributed by atoms with Gasteiger partial charge < -0.3 is 10.1 Å². The predicted molar refractivity (Wildman–Crippen MR) is 72.2 cm³/mol. The van der Waals surface area contributed by atoms with Crippen molar-refractivity contribution < 1.29 is 9.53 Å². The van der Waals surface area contributed by atoms with E-state index in [4.69, 9.17) is 4.74 Å². The zero-order chi connectivity index (χ0) is 13.0. The normalized spacial score (nSPS) is 10.3. The van der Waals surface area contributed by atoms with Crippen LogP contribution in [0, 0.1) is 6.92 Å². The summed E-state index contributed by atoms with van der Waals surface area (Å²) in [6, 6.07) is 0. The second-order valence-corrected chi connectivity index (χ2v) is 5.26. The maximum atomic E-state index is 11.8. The number of esters is 1. The summed E-state index contributed by atoms with van der Waals surface area (Å²) in [6.07, 6.45) is 1.80. The van der Waals surface area contributed by atoms with Crippen LogP contribution in [0.15, 0.2) is 11.7 Å². The molecular formula is C11H13N3O2S2. The third-order valence-corrected chi connectivity index (χ3v) is 3.92. The van der Waals surface area contributed by atoms with E-state index in [1.165, 1.54) is 11.5 Å². The molecule has 0 spiro atoms. The summed E-state index contributed by atoms with van der Waals surface area (Å²) in [7, 11) is 0. The lowest BCUT2D eigenvalue weighted by molar-refractivity contribution is 0.0527. The summed E-state index contributed by atoms with van der Waals surface area (Å²) in [5, 5.41) is 3.95. The first kappa shape index (κ1) is 13.0. The van der Waals surface area contributed by atoms with Crippen LogP contribution >= 0.6 is 22.9 Å². The number of rotatable bonds is 5. The molecule has 2 heterocycles. The van der Waals surface area contributed by atoms with Gasteiger partial charge in [0.1, 0.15) is 10.6 Å². The quantitative estimate of drug-likeness (QED) is 0.855. The molecule has 18 heavy (non-hydrogen) atoms. The number of thiazole rings is 1. The second-order valence-electron chi connectivity index (χ2n) is 3.51. The van der Waals surface area contributed by atoms with Gasteiger partial charge in [-0.3, -0.25) is 4.98 Å². The smallest absolute Gasteiger partial charge is 0.343 e. The van der Waals surface area contributed by atoms with Gasteiger partial charge in [-0.1, -0.05) is 0 Å². The molecule has 0 amide bonds. The molecule has 0 saturated heterocycles. The molecule has 2 aromatic rings. The van der Waals surface area contributed by atoms with Crippen LogP contribution in [-0.4, -0.2) is 21.9 Å². The fraction of sp³-hybridized carbons (Fsp3) is 0.364. The first-order valence-electron chi connectivity index (χ1n) is 5.47. The van der Waals surface area contributed by atoms with Crippen LogP contribution in [0.5, 0.6) is 0 Å². The standard InChI is InChI=1S/C11H13N3O2S2/c1-3-16-11(15)9-7(2)14-18-10(9)13-5-8-4-12-6-17-8/h4,6,13H,3,5H2,1-2H3. The van der Waals surface area contributed by atoms with Crippen molar-refractivity contribution in [3.8, 4) is 0 Å². The van der Waals surface area contributed by atoms with Gasteiger partial charge in [0, 0.05) is 11.1 Å². The van der Waals surface area contributed by atoms with Crippen LogP contribution in [0.1, 0.15) is 27.9 Å². The number of ether oxygens (including phenoxy) is 1. The summed E-state index contributed by atoms with van der Waals surface area (Å²) >= 11 is 2.84. The molecule has 0 aromatic carbocycles. The van der Waals surface area contributed by atoms with Crippen molar-refractivity contribution in [3.63, 3.8) is 0 Å². The maximum Gasteiger partial charge on any atom is 0.343 e. The van der Waals surface area contributed by atoms with Crippen molar-refractivity contribution in [2.45, 2.75) is 20.4 Å². The highest BCUT2D eigenvalue weighted by molar-refractivity contribution is 7.11. The van der Waals surface area contributed by atoms with E-state index in [2.05, 4.69) is 14.7 Å². The van der Waals surface area contributed by atoms with Crippen LogP contribution in [-0.2, 0) is 11.3 Å². The molecule has 7 heteroatoms. The average Bonchev–Trinajstić information content (AvgIpc) is 2.96. The number of aromatic nitrogens is 2. The minimum Gasteiger partial charge on any atom is -0.462 e. The van der Waals surface area contributed by atoms with E-state index in [-0.39, 0.29) is 5.97 Å². The molecule has 0 fully saturated rings. The van der Waals surface area contributed by atoms with E-state index in [1.807, 2.05) is 0 Å². The molecule has 1 N–H and O–H groups in total. The fourth-order valence-electron chi connectivity index (χ4n) is 1.43. The number of nitrogens with zero attached hydrogens (tertiary/aromatic N) is 2. The largest absolute Gasteiger partial charge is 0.462 e. The lowest BCUT2D eigenvalue weighted by atomic mass is 10.2. The van der Waals surface area contributed by atoms with Gasteiger partial charge in [-0.25, -0.2) is 4.79 Å². The zero-order valence-electron chi connectivity index (χ0n) is 10.1. The molecule has 0 aliphatic carbocycles. The van der Waals surface area contributed by atoms with Crippen LogP contribution in [0.2, 0.25) is 0 Å². The van der Waals surface area contributed by atoms with Gasteiger partial charge in [-0.15, -0.1) is 11.3 Å². The molecule has 96 valence electrons. The molecule has 2 aromatic heterocycles. The Bertz CT molecular complexity index is 522. The number of aryl methyl sites for hydroxylation is 1. The highest BCUT2D eigenvalue weighted by Crippen LogP contribution is 2.26. The van der Waals surface area contributed by atoms with Crippen LogP contribution in [0.3, 0.4) is 0 Å². The topological polar surface area (TPSA) is 64.1 Å². The van der Waals surface area contributed by atoms with Crippen molar-refractivity contribution in [2.75, 3.05) is 11.9 Å². The van der Waals surface area contributed by atoms with Gasteiger partial charge in [0.25, 0.3) is 0 Å². The Morgan fingerprint density at radius 1 is 1.56 bits per heavy atom. The SMILES string of the molecule is CCOC(=O)c1c(C)nsc1NCc1cncs1. The van der Waals surface area contributed by atoms with Gasteiger partial charge in [0.2, 0.25) is 0 Å². The number of hydrogen-bond donors (Lipinski definition) is 1. The van der Waals surface area contributed by atoms with Gasteiger partial charge in [-0.05, 0) is 25.4 Å². The predicted octanol–water partition coefficient (Wildman–Crippen LogP) is 2.70. The minimum absolute atomic E-state index is 0.324. The van der Waals surface area contributed by atoms with Crippen molar-refractivity contribution in [3.05, 3.63) is 27.8 Å². The third-order valence-electron chi connectivity index (χ3n) is 2.25. The van der Waals surface area contributed by atoms with E-state index >= 15 is 0 Å². The number of anilines is 1. The van der Waals surface area contributed by atoms with Crippen molar-refractivity contribution in [1.82, 2.24) is 9.36 Å². The molecule has 0 radical (unpaired) electrons. The van der Waals surface area contributed by atoms with Crippen molar-refractivity contribution in [1.29, 1.82) is 0 Å². The summed E-state index contributed by atoms with van der Waals surface area (Å²) in [5.74, 6) is -0.324. The molecule has 5 nitrogen and oxygen atoms in total. The third kappa shape index (κ3) is 2.85. The Kier molecular flexibility index (Phi) is 4.27. The molecular weight excluding hydrogens is 270 g/mol. The number of carbonyl (C=O) groups is 1. The highest BCUT2D eigenvalue weighted by Gasteiger charge is 2.19. The summed E-state index contributed by atoms with van der Waals surface area (Å²) < 4.78 is 9.21. The summed E-state index contributed by atoms with van der Waals surface area (Å²) in [5.41, 5.74) is 3.01. The second kappa shape index (κ2) is 5.92. The summed E-state index contributed by atoms with van der Waals surface area (Å²) in [4.78, 5) is 16.9. The highest BCUT2D eigenvalue weighted by atomic mass is 32.1. The van der Waals surface area contributed by atoms with E-state index in [9.17, 15) is 4.79 Å². The molecule has 0 aliphatic heterocycles. The van der Waals surface area contributed by atoms with Gasteiger partial charge >= 0.3 is 5.97 Å². The van der Waals surface area contributed by atoms with E-state index < -0.39 is 0 Å². The molecule has 0 atom stereocenters. The van der Waals surface area contributed by atoms with Crippen LogP contribution in [0.25, 0.3) is 0 Å². The van der Waals surface area contributed by atoms with Crippen molar-refractivity contribution >= 4 is 33.8 Å². The van der Waals surface area contributed by atoms with E-state index in [0.717, 1.165) is 9.88 Å². The van der Waals surface area contributed by atoms with Crippen molar-refractivity contribution in [2.24, 2.45) is 0 Å². The molecule has 0 bridgehead atoms. The van der Waals surface area contributed by atoms with E-state index in [1.54, 1.807) is 36.9 Å². The average molecular weight is 283 g/mol. The Morgan fingerprint density at radius 3 is 3.06 bits per heavy atom. The fourth-order valence-corrected chi connectivity index (χ4v) is 2.74. The van der Waals surface area contributed by atoms with Gasteiger partial charge in [0.15, 0.2) is 0 Å². The zero-order valence-corrected chi connectivity index (χ0v) is 11.7. The minimum atomic E-state index is -0.324. The first-order chi connectivity index (χ1) is 8.72. The molecule has 2 rings (SSSR count). The van der Waals surface area contributed by atoms with Gasteiger partial charge in [-0.2, -0.15) is 4.37 Å². The van der Waals surface area contributed by atoms with Crippen LogP contribution < -0.4 is 5.32 Å².